The summed E-state index contributed by atoms with van der Waals surface area (Å²) >= 11 is 0. The first-order valence-corrected chi connectivity index (χ1v) is 9.70. The van der Waals surface area contributed by atoms with Crippen molar-refractivity contribution in [1.82, 2.24) is 0 Å². The van der Waals surface area contributed by atoms with E-state index >= 15 is 0 Å². The molecule has 25 heavy (non-hydrogen) atoms. The molecule has 1 atom stereocenters. The summed E-state index contributed by atoms with van der Waals surface area (Å²) in [7, 11) is 0. The number of hydrogen-bond acceptors (Lipinski definition) is 6. The summed E-state index contributed by atoms with van der Waals surface area (Å²) in [6, 6.07) is 0. The van der Waals surface area contributed by atoms with E-state index in [1.54, 1.807) is 0 Å². The van der Waals surface area contributed by atoms with Crippen LogP contribution in [0.4, 0.5) is 0 Å². The molecule has 0 radical (unpaired) electrons. The minimum atomic E-state index is -1.08. The van der Waals surface area contributed by atoms with E-state index in [0.29, 0.717) is 6.61 Å². The molecular formula is C19H36O6. The first kappa shape index (κ1) is 23.9. The Morgan fingerprint density at radius 3 is 1.80 bits per heavy atom. The van der Waals surface area contributed by atoms with Crippen LogP contribution in [0.15, 0.2) is 0 Å². The van der Waals surface area contributed by atoms with Gasteiger partial charge in [0, 0.05) is 0 Å². The molecular weight excluding hydrogens is 324 g/mol. The van der Waals surface area contributed by atoms with Gasteiger partial charge in [0.2, 0.25) is 0 Å². The molecule has 0 fully saturated rings. The molecule has 0 aromatic carbocycles. The minimum Gasteiger partial charge on any atom is -0.466 e. The molecule has 0 saturated heterocycles. The Balaban J connectivity index is 3.34. The molecule has 0 aliphatic carbocycles. The summed E-state index contributed by atoms with van der Waals surface area (Å²) in [6.07, 6.45) is 11.1. The van der Waals surface area contributed by atoms with E-state index in [9.17, 15) is 9.59 Å². The molecule has 0 spiro atoms. The van der Waals surface area contributed by atoms with Crippen LogP contribution in [0.2, 0.25) is 0 Å². The lowest BCUT2D eigenvalue weighted by molar-refractivity contribution is -0.152. The van der Waals surface area contributed by atoms with Gasteiger partial charge >= 0.3 is 11.9 Å². The highest BCUT2D eigenvalue weighted by Crippen LogP contribution is 2.10. The summed E-state index contributed by atoms with van der Waals surface area (Å²) in [4.78, 5) is 22.8. The molecule has 0 heterocycles. The fourth-order valence-corrected chi connectivity index (χ4v) is 2.37. The maximum atomic E-state index is 11.5. The fraction of sp³-hybridized carbons (Fsp3) is 0.895. The van der Waals surface area contributed by atoms with Crippen LogP contribution in [-0.2, 0) is 19.1 Å². The molecule has 0 aromatic rings. The number of hydrogen-bond donors (Lipinski definition) is 2. The van der Waals surface area contributed by atoms with Crippen molar-refractivity contribution in [1.29, 1.82) is 0 Å². The zero-order chi connectivity index (χ0) is 18.8. The fourth-order valence-electron chi connectivity index (χ4n) is 2.37. The van der Waals surface area contributed by atoms with Gasteiger partial charge in [-0.05, 0) is 6.42 Å². The number of aliphatic hydroxyl groups excluding tert-OH is 2. The number of carbonyl (C=O) groups is 2. The summed E-state index contributed by atoms with van der Waals surface area (Å²) < 4.78 is 9.77. The Hall–Kier alpha value is -1.14. The Bertz CT molecular complexity index is 332. The van der Waals surface area contributed by atoms with Crippen LogP contribution in [0.5, 0.6) is 0 Å². The number of ether oxygens (including phenoxy) is 2. The van der Waals surface area contributed by atoms with Crippen LogP contribution < -0.4 is 0 Å². The largest absolute Gasteiger partial charge is 0.466 e. The third kappa shape index (κ3) is 17.5. The van der Waals surface area contributed by atoms with Crippen molar-refractivity contribution in [3.8, 4) is 0 Å². The third-order valence-electron chi connectivity index (χ3n) is 3.94. The number of aliphatic hydroxyl groups is 2. The first-order valence-electron chi connectivity index (χ1n) is 9.70. The van der Waals surface area contributed by atoms with Crippen LogP contribution in [0.1, 0.15) is 84.0 Å². The van der Waals surface area contributed by atoms with Gasteiger partial charge in [-0.3, -0.25) is 9.59 Å². The summed E-state index contributed by atoms with van der Waals surface area (Å²) in [6.45, 7) is 1.90. The quantitative estimate of drug-likeness (QED) is 0.306. The van der Waals surface area contributed by atoms with E-state index in [1.807, 2.05) is 0 Å². The topological polar surface area (TPSA) is 93.1 Å². The second kappa shape index (κ2) is 17.7. The molecule has 0 saturated carbocycles. The standard InChI is InChI=1S/C19H36O6/c1-2-3-4-5-6-7-8-9-10-11-14-24-18(22)12-13-19(23)25-16-17(21)15-20/h17,20-21H,2-16H2,1H3. The van der Waals surface area contributed by atoms with E-state index < -0.39 is 24.6 Å². The predicted octanol–water partition coefficient (Wildman–Crippen LogP) is 3.13. The van der Waals surface area contributed by atoms with Crippen molar-refractivity contribution in [3.63, 3.8) is 0 Å². The van der Waals surface area contributed by atoms with Crippen LogP contribution in [-0.4, -0.2) is 48.1 Å². The molecule has 0 amide bonds. The zero-order valence-electron chi connectivity index (χ0n) is 15.7. The normalized spacial score (nSPS) is 12.0. The summed E-state index contributed by atoms with van der Waals surface area (Å²) in [5.41, 5.74) is 0. The number of carbonyl (C=O) groups excluding carboxylic acids is 2. The van der Waals surface area contributed by atoms with Crippen LogP contribution >= 0.6 is 0 Å². The summed E-state index contributed by atoms with van der Waals surface area (Å²) in [5, 5.41) is 17.6. The van der Waals surface area contributed by atoms with Gasteiger partial charge in [0.1, 0.15) is 12.7 Å². The number of rotatable bonds is 17. The first-order chi connectivity index (χ1) is 12.1. The van der Waals surface area contributed by atoms with Crippen LogP contribution in [0, 0.1) is 0 Å². The average molecular weight is 360 g/mol. The van der Waals surface area contributed by atoms with E-state index in [0.717, 1.165) is 12.8 Å². The van der Waals surface area contributed by atoms with E-state index in [-0.39, 0.29) is 19.4 Å². The lowest BCUT2D eigenvalue weighted by Crippen LogP contribution is -2.22. The molecule has 0 aliphatic heterocycles. The van der Waals surface area contributed by atoms with Crippen molar-refractivity contribution in [2.24, 2.45) is 0 Å². The van der Waals surface area contributed by atoms with Crippen LogP contribution in [0.3, 0.4) is 0 Å². The number of unbranched alkanes of at least 4 members (excludes halogenated alkanes) is 9. The van der Waals surface area contributed by atoms with Crippen LogP contribution in [0.25, 0.3) is 0 Å². The van der Waals surface area contributed by atoms with Gasteiger partial charge in [0.05, 0.1) is 26.1 Å². The lowest BCUT2D eigenvalue weighted by atomic mass is 10.1. The molecule has 0 bridgehead atoms. The second-order valence-corrected chi connectivity index (χ2v) is 6.42. The Labute approximate surface area is 151 Å². The van der Waals surface area contributed by atoms with Crippen molar-refractivity contribution >= 4 is 11.9 Å². The zero-order valence-corrected chi connectivity index (χ0v) is 15.7. The second-order valence-electron chi connectivity index (χ2n) is 6.42. The van der Waals surface area contributed by atoms with Crippen molar-refractivity contribution in [2.75, 3.05) is 19.8 Å². The van der Waals surface area contributed by atoms with Crippen molar-refractivity contribution in [3.05, 3.63) is 0 Å². The minimum absolute atomic E-state index is 0.0220. The molecule has 6 nitrogen and oxygen atoms in total. The van der Waals surface area contributed by atoms with Gasteiger partial charge in [-0.2, -0.15) is 0 Å². The molecule has 1 unspecified atom stereocenters. The predicted molar refractivity (Wildman–Crippen MR) is 96.1 cm³/mol. The van der Waals surface area contributed by atoms with E-state index in [1.165, 1.54) is 51.4 Å². The smallest absolute Gasteiger partial charge is 0.306 e. The average Bonchev–Trinajstić information content (AvgIpc) is 2.62. The van der Waals surface area contributed by atoms with Gasteiger partial charge < -0.3 is 19.7 Å². The molecule has 148 valence electrons. The van der Waals surface area contributed by atoms with Gasteiger partial charge in [-0.25, -0.2) is 0 Å². The Morgan fingerprint density at radius 1 is 0.800 bits per heavy atom. The highest BCUT2D eigenvalue weighted by molar-refractivity contribution is 5.77. The SMILES string of the molecule is CCCCCCCCCCCCOC(=O)CCC(=O)OCC(O)CO. The van der Waals surface area contributed by atoms with E-state index in [4.69, 9.17) is 19.7 Å². The van der Waals surface area contributed by atoms with Gasteiger partial charge in [0.25, 0.3) is 0 Å². The molecule has 2 N–H and O–H groups in total. The van der Waals surface area contributed by atoms with Crippen molar-refractivity contribution < 1.29 is 29.3 Å². The Kier molecular flexibility index (Phi) is 16.9. The maximum absolute atomic E-state index is 11.5. The van der Waals surface area contributed by atoms with E-state index in [2.05, 4.69) is 6.92 Å². The van der Waals surface area contributed by atoms with Gasteiger partial charge in [0.15, 0.2) is 0 Å². The molecule has 0 rings (SSSR count). The highest BCUT2D eigenvalue weighted by Gasteiger charge is 2.11. The number of esters is 2. The lowest BCUT2D eigenvalue weighted by Gasteiger charge is -2.08. The van der Waals surface area contributed by atoms with Gasteiger partial charge in [-0.1, -0.05) is 64.7 Å². The molecule has 6 heteroatoms. The maximum Gasteiger partial charge on any atom is 0.306 e. The third-order valence-corrected chi connectivity index (χ3v) is 3.94. The summed E-state index contributed by atoms with van der Waals surface area (Å²) in [5.74, 6) is -0.987. The molecule has 0 aromatic heterocycles. The Morgan fingerprint density at radius 2 is 1.28 bits per heavy atom. The molecule has 0 aliphatic rings. The van der Waals surface area contributed by atoms with Crippen molar-refractivity contribution in [2.45, 2.75) is 90.1 Å². The van der Waals surface area contributed by atoms with Gasteiger partial charge in [-0.15, -0.1) is 0 Å². The highest BCUT2D eigenvalue weighted by atomic mass is 16.5. The monoisotopic (exact) mass is 360 g/mol.